The Morgan fingerprint density at radius 1 is 0.367 bits per heavy atom. The van der Waals surface area contributed by atoms with E-state index in [1.807, 2.05) is 60.7 Å². The van der Waals surface area contributed by atoms with E-state index in [0.717, 1.165) is 60.5 Å². The fraction of sp³-hybridized carbons (Fsp3) is 0. The molecular weight excluding hydrogens is 595 g/mol. The molecule has 0 spiro atoms. The first kappa shape index (κ1) is 28.3. The lowest BCUT2D eigenvalue weighted by molar-refractivity contribution is 1.17. The van der Waals surface area contributed by atoms with Crippen LogP contribution in [0.4, 0.5) is 0 Å². The average molecular weight is 622 g/mol. The molecule has 0 saturated heterocycles. The highest BCUT2D eigenvalue weighted by Crippen LogP contribution is 2.44. The molecule has 8 aromatic carbocycles. The zero-order valence-corrected chi connectivity index (χ0v) is 26.4. The third-order valence-electron chi connectivity index (χ3n) is 9.67. The van der Waals surface area contributed by atoms with Gasteiger partial charge in [-0.2, -0.15) is 10.5 Å². The van der Waals surface area contributed by atoms with Gasteiger partial charge in [0.05, 0.1) is 33.9 Å². The molecule has 0 saturated carbocycles. The van der Waals surface area contributed by atoms with E-state index in [-0.39, 0.29) is 0 Å². The van der Waals surface area contributed by atoms with Crippen LogP contribution >= 0.6 is 0 Å². The second-order valence-corrected chi connectivity index (χ2v) is 12.3. The lowest BCUT2D eigenvalue weighted by Crippen LogP contribution is -1.98. The van der Waals surface area contributed by atoms with E-state index in [1.165, 1.54) is 21.9 Å². The van der Waals surface area contributed by atoms with Crippen molar-refractivity contribution in [2.45, 2.75) is 0 Å². The van der Waals surface area contributed by atoms with Crippen LogP contribution in [0.3, 0.4) is 0 Å². The molecule has 0 aliphatic carbocycles. The third kappa shape index (κ3) is 4.42. The number of hydrogen-bond donors (Lipinski definition) is 0. The summed E-state index contributed by atoms with van der Waals surface area (Å²) < 4.78 is 2.16. The molecule has 1 heterocycles. The van der Waals surface area contributed by atoms with Crippen LogP contribution in [0, 0.1) is 22.7 Å². The van der Waals surface area contributed by atoms with Crippen molar-refractivity contribution < 1.29 is 0 Å². The largest absolute Gasteiger partial charge is 0.308 e. The first-order valence-corrected chi connectivity index (χ1v) is 16.3. The number of benzene rings is 8. The molecule has 0 radical (unpaired) electrons. The van der Waals surface area contributed by atoms with Crippen molar-refractivity contribution in [1.29, 1.82) is 10.5 Å². The maximum absolute atomic E-state index is 10.5. The van der Waals surface area contributed by atoms with Crippen LogP contribution < -0.4 is 0 Å². The van der Waals surface area contributed by atoms with Gasteiger partial charge in [-0.25, -0.2) is 0 Å². The highest BCUT2D eigenvalue weighted by molar-refractivity contribution is 6.21. The Bertz CT molecular complexity index is 2740. The molecule has 9 rings (SSSR count). The number of aromatic nitrogens is 1. The van der Waals surface area contributed by atoms with Crippen molar-refractivity contribution in [3.8, 4) is 51.2 Å². The first-order chi connectivity index (χ1) is 24.2. The van der Waals surface area contributed by atoms with Gasteiger partial charge in [-0.1, -0.05) is 133 Å². The number of nitrogens with zero attached hydrogens (tertiary/aromatic N) is 3. The summed E-state index contributed by atoms with van der Waals surface area (Å²) in [6, 6.07) is 61.2. The van der Waals surface area contributed by atoms with E-state index < -0.39 is 0 Å². The van der Waals surface area contributed by atoms with E-state index in [9.17, 15) is 10.5 Å². The smallest absolute Gasteiger partial charge is 0.101 e. The fourth-order valence-electron chi connectivity index (χ4n) is 7.57. The molecule has 226 valence electrons. The van der Waals surface area contributed by atoms with Gasteiger partial charge >= 0.3 is 0 Å². The van der Waals surface area contributed by atoms with Gasteiger partial charge in [-0.05, 0) is 85.3 Å². The van der Waals surface area contributed by atoms with Crippen molar-refractivity contribution in [2.75, 3.05) is 0 Å². The van der Waals surface area contributed by atoms with E-state index in [4.69, 9.17) is 0 Å². The van der Waals surface area contributed by atoms with E-state index in [2.05, 4.69) is 120 Å². The van der Waals surface area contributed by atoms with Gasteiger partial charge < -0.3 is 4.57 Å². The van der Waals surface area contributed by atoms with Crippen LogP contribution in [0.5, 0.6) is 0 Å². The second kappa shape index (κ2) is 11.4. The second-order valence-electron chi connectivity index (χ2n) is 12.3. The quantitative estimate of drug-likeness (QED) is 0.184. The zero-order valence-electron chi connectivity index (χ0n) is 26.4. The zero-order chi connectivity index (χ0) is 32.9. The highest BCUT2D eigenvalue weighted by atomic mass is 15.0. The van der Waals surface area contributed by atoms with Gasteiger partial charge in [0.25, 0.3) is 0 Å². The minimum Gasteiger partial charge on any atom is -0.308 e. The highest BCUT2D eigenvalue weighted by Gasteiger charge is 2.19. The number of nitriles is 2. The van der Waals surface area contributed by atoms with Crippen molar-refractivity contribution in [1.82, 2.24) is 4.57 Å². The molecule has 0 aliphatic rings. The molecule has 0 N–H and O–H groups in total. The molecule has 0 atom stereocenters. The van der Waals surface area contributed by atoms with Gasteiger partial charge in [-0.15, -0.1) is 0 Å². The molecule has 3 nitrogen and oxygen atoms in total. The lowest BCUT2D eigenvalue weighted by Gasteiger charge is -2.18. The SMILES string of the molecule is N#Cc1cc(-c2c3ccccc3c(-c3ccccc3)c3ccccc23)ccc1-c1ccc(-n2c3ccccc3c3ccccc32)c(C#N)c1. The summed E-state index contributed by atoms with van der Waals surface area (Å²) >= 11 is 0. The standard InChI is InChI=1S/C46H27N3/c47-28-33-27-32(46-40-18-6-4-16-38(40)45(30-12-2-1-3-13-30)39-17-5-7-19-41(39)46)22-24-35(33)31-23-25-42(34(26-31)29-48)49-43-20-10-8-14-36(43)37-15-9-11-21-44(37)49/h1-27H. The molecule has 0 unspecified atom stereocenters. The molecule has 0 bridgehead atoms. The van der Waals surface area contributed by atoms with E-state index >= 15 is 0 Å². The maximum Gasteiger partial charge on any atom is 0.101 e. The molecule has 1 aromatic heterocycles. The number of para-hydroxylation sites is 2. The summed E-state index contributed by atoms with van der Waals surface area (Å²) in [5.74, 6) is 0. The summed E-state index contributed by atoms with van der Waals surface area (Å²) in [5, 5.41) is 27.9. The Morgan fingerprint density at radius 3 is 1.37 bits per heavy atom. The summed E-state index contributed by atoms with van der Waals surface area (Å²) in [5.41, 5.74) is 10.1. The summed E-state index contributed by atoms with van der Waals surface area (Å²) in [6.45, 7) is 0. The summed E-state index contributed by atoms with van der Waals surface area (Å²) in [6.07, 6.45) is 0. The van der Waals surface area contributed by atoms with Crippen LogP contribution in [0.25, 0.3) is 82.4 Å². The normalized spacial score (nSPS) is 11.2. The van der Waals surface area contributed by atoms with Crippen LogP contribution in [0.2, 0.25) is 0 Å². The fourth-order valence-corrected chi connectivity index (χ4v) is 7.57. The Morgan fingerprint density at radius 2 is 0.816 bits per heavy atom. The van der Waals surface area contributed by atoms with Gasteiger partial charge in [0, 0.05) is 10.8 Å². The molecule has 0 amide bonds. The first-order valence-electron chi connectivity index (χ1n) is 16.3. The van der Waals surface area contributed by atoms with Gasteiger partial charge in [0.1, 0.15) is 6.07 Å². The van der Waals surface area contributed by atoms with Crippen LogP contribution in [-0.4, -0.2) is 4.57 Å². The lowest BCUT2D eigenvalue weighted by atomic mass is 9.85. The Labute approximate surface area is 283 Å². The molecular formula is C46H27N3. The molecule has 0 aliphatic heterocycles. The van der Waals surface area contributed by atoms with Crippen molar-refractivity contribution in [3.63, 3.8) is 0 Å². The van der Waals surface area contributed by atoms with Crippen LogP contribution in [0.15, 0.2) is 164 Å². The van der Waals surface area contributed by atoms with Crippen molar-refractivity contribution in [3.05, 3.63) is 175 Å². The average Bonchev–Trinajstić information content (AvgIpc) is 3.51. The van der Waals surface area contributed by atoms with E-state index in [0.29, 0.717) is 11.1 Å². The minimum absolute atomic E-state index is 0.547. The number of fused-ring (bicyclic) bond motifs is 5. The molecule has 0 fully saturated rings. The van der Waals surface area contributed by atoms with Crippen molar-refractivity contribution >= 4 is 43.4 Å². The predicted molar refractivity (Wildman–Crippen MR) is 202 cm³/mol. The Balaban J connectivity index is 1.22. The number of hydrogen-bond acceptors (Lipinski definition) is 2. The Kier molecular flexibility index (Phi) is 6.58. The van der Waals surface area contributed by atoms with Gasteiger partial charge in [0.2, 0.25) is 0 Å². The molecule has 3 heteroatoms. The minimum atomic E-state index is 0.547. The maximum atomic E-state index is 10.5. The molecule has 9 aromatic rings. The van der Waals surface area contributed by atoms with Crippen molar-refractivity contribution in [2.24, 2.45) is 0 Å². The topological polar surface area (TPSA) is 52.5 Å². The van der Waals surface area contributed by atoms with Crippen LogP contribution in [0.1, 0.15) is 11.1 Å². The summed E-state index contributed by atoms with van der Waals surface area (Å²) in [7, 11) is 0. The molecule has 49 heavy (non-hydrogen) atoms. The van der Waals surface area contributed by atoms with Gasteiger partial charge in [0.15, 0.2) is 0 Å². The number of rotatable bonds is 4. The predicted octanol–water partition coefficient (Wildman–Crippen LogP) is 11.8. The van der Waals surface area contributed by atoms with Gasteiger partial charge in [-0.3, -0.25) is 0 Å². The Hall–Kier alpha value is -6.94. The monoisotopic (exact) mass is 621 g/mol. The van der Waals surface area contributed by atoms with Crippen LogP contribution in [-0.2, 0) is 0 Å². The third-order valence-corrected chi connectivity index (χ3v) is 9.67. The van der Waals surface area contributed by atoms with E-state index in [1.54, 1.807) is 0 Å². The summed E-state index contributed by atoms with van der Waals surface area (Å²) in [4.78, 5) is 0.